The van der Waals surface area contributed by atoms with Crippen molar-refractivity contribution in [1.29, 1.82) is 0 Å². The summed E-state index contributed by atoms with van der Waals surface area (Å²) in [4.78, 5) is 3.84. The van der Waals surface area contributed by atoms with Gasteiger partial charge in [0.25, 0.3) is 0 Å². The maximum atomic E-state index is 13.0. The Hall–Kier alpha value is -1.36. The largest absolute Gasteiger partial charge is 0.437 e. The van der Waals surface area contributed by atoms with Crippen molar-refractivity contribution < 1.29 is 9.13 Å². The van der Waals surface area contributed by atoms with Crippen LogP contribution in [0.4, 0.5) is 4.39 Å². The SMILES string of the molecule is NCc1cc(F)cnc1Oc1cc(Cl)ccc1Cl. The molecule has 0 radical (unpaired) electrons. The average molecular weight is 287 g/mol. The number of ether oxygens (including phenoxy) is 1. The Morgan fingerprint density at radius 1 is 1.28 bits per heavy atom. The van der Waals surface area contributed by atoms with Crippen molar-refractivity contribution in [2.24, 2.45) is 5.73 Å². The average Bonchev–Trinajstić information content (AvgIpc) is 2.36. The van der Waals surface area contributed by atoms with E-state index >= 15 is 0 Å². The van der Waals surface area contributed by atoms with Crippen molar-refractivity contribution in [2.45, 2.75) is 6.54 Å². The Labute approximate surface area is 113 Å². The predicted octanol–water partition coefficient (Wildman–Crippen LogP) is 3.78. The van der Waals surface area contributed by atoms with Gasteiger partial charge in [0.15, 0.2) is 0 Å². The first kappa shape index (κ1) is 13.1. The number of benzene rings is 1. The molecule has 6 heteroatoms. The smallest absolute Gasteiger partial charge is 0.223 e. The van der Waals surface area contributed by atoms with Crippen molar-refractivity contribution in [2.75, 3.05) is 0 Å². The number of nitrogens with zero attached hydrogens (tertiary/aromatic N) is 1. The summed E-state index contributed by atoms with van der Waals surface area (Å²) < 4.78 is 18.5. The second kappa shape index (κ2) is 5.52. The fourth-order valence-corrected chi connectivity index (χ4v) is 1.68. The van der Waals surface area contributed by atoms with Crippen LogP contribution in [0, 0.1) is 5.82 Å². The van der Waals surface area contributed by atoms with Crippen LogP contribution in [-0.4, -0.2) is 4.98 Å². The summed E-state index contributed by atoms with van der Waals surface area (Å²) in [5, 5.41) is 0.860. The van der Waals surface area contributed by atoms with Gasteiger partial charge in [0, 0.05) is 23.2 Å². The van der Waals surface area contributed by atoms with E-state index in [4.69, 9.17) is 33.7 Å². The summed E-state index contributed by atoms with van der Waals surface area (Å²) in [5.41, 5.74) is 5.95. The van der Waals surface area contributed by atoms with Crippen molar-refractivity contribution in [1.82, 2.24) is 4.98 Å². The first-order valence-electron chi connectivity index (χ1n) is 5.07. The maximum Gasteiger partial charge on any atom is 0.223 e. The molecule has 2 aromatic rings. The zero-order valence-corrected chi connectivity index (χ0v) is 10.7. The highest BCUT2D eigenvalue weighted by Gasteiger charge is 2.10. The van der Waals surface area contributed by atoms with Crippen LogP contribution in [0.1, 0.15) is 5.56 Å². The van der Waals surface area contributed by atoms with Gasteiger partial charge in [-0.05, 0) is 18.2 Å². The number of aromatic nitrogens is 1. The van der Waals surface area contributed by atoms with E-state index in [1.165, 1.54) is 6.07 Å². The summed E-state index contributed by atoms with van der Waals surface area (Å²) >= 11 is 11.8. The molecule has 94 valence electrons. The molecule has 2 rings (SSSR count). The van der Waals surface area contributed by atoms with Crippen LogP contribution in [0.5, 0.6) is 11.6 Å². The molecule has 1 aromatic carbocycles. The molecule has 0 saturated carbocycles. The second-order valence-corrected chi connectivity index (χ2v) is 4.34. The van der Waals surface area contributed by atoms with Gasteiger partial charge in [-0.15, -0.1) is 0 Å². The third-order valence-electron chi connectivity index (χ3n) is 2.21. The second-order valence-electron chi connectivity index (χ2n) is 3.50. The number of nitrogens with two attached hydrogens (primary N) is 1. The molecule has 1 aromatic heterocycles. The molecule has 0 fully saturated rings. The fraction of sp³-hybridized carbons (Fsp3) is 0.0833. The zero-order chi connectivity index (χ0) is 13.1. The highest BCUT2D eigenvalue weighted by Crippen LogP contribution is 2.32. The van der Waals surface area contributed by atoms with Crippen molar-refractivity contribution >= 4 is 23.2 Å². The lowest BCUT2D eigenvalue weighted by Crippen LogP contribution is -2.02. The van der Waals surface area contributed by atoms with Crippen molar-refractivity contribution in [3.8, 4) is 11.6 Å². The number of rotatable bonds is 3. The van der Waals surface area contributed by atoms with E-state index in [2.05, 4.69) is 4.98 Å². The third kappa shape index (κ3) is 2.90. The zero-order valence-electron chi connectivity index (χ0n) is 9.16. The summed E-state index contributed by atoms with van der Waals surface area (Å²) in [7, 11) is 0. The Bertz CT molecular complexity index is 578. The van der Waals surface area contributed by atoms with Crippen LogP contribution in [-0.2, 0) is 6.54 Å². The molecular formula is C12H9Cl2FN2O. The molecule has 0 bridgehead atoms. The van der Waals surface area contributed by atoms with E-state index in [1.54, 1.807) is 18.2 Å². The predicted molar refractivity (Wildman–Crippen MR) is 68.6 cm³/mol. The molecule has 0 amide bonds. The van der Waals surface area contributed by atoms with Crippen LogP contribution in [0.25, 0.3) is 0 Å². The van der Waals surface area contributed by atoms with Gasteiger partial charge in [0.2, 0.25) is 5.88 Å². The van der Waals surface area contributed by atoms with Gasteiger partial charge >= 0.3 is 0 Å². The third-order valence-corrected chi connectivity index (χ3v) is 2.76. The highest BCUT2D eigenvalue weighted by molar-refractivity contribution is 6.34. The van der Waals surface area contributed by atoms with Gasteiger partial charge < -0.3 is 10.5 Å². The Balaban J connectivity index is 2.36. The quantitative estimate of drug-likeness (QED) is 0.934. The maximum absolute atomic E-state index is 13.0. The van der Waals surface area contributed by atoms with Crippen LogP contribution >= 0.6 is 23.2 Å². The molecule has 0 aliphatic carbocycles. The van der Waals surface area contributed by atoms with E-state index < -0.39 is 5.82 Å². The van der Waals surface area contributed by atoms with E-state index in [1.807, 2.05) is 0 Å². The Morgan fingerprint density at radius 3 is 2.78 bits per heavy atom. The molecular weight excluding hydrogens is 278 g/mol. The number of pyridine rings is 1. The molecule has 0 spiro atoms. The van der Waals surface area contributed by atoms with Crippen molar-refractivity contribution in [3.63, 3.8) is 0 Å². The molecule has 0 aliphatic heterocycles. The molecule has 0 aliphatic rings. The number of hydrogen-bond donors (Lipinski definition) is 1. The Morgan fingerprint density at radius 2 is 2.06 bits per heavy atom. The number of hydrogen-bond acceptors (Lipinski definition) is 3. The lowest BCUT2D eigenvalue weighted by atomic mass is 10.2. The minimum absolute atomic E-state index is 0.109. The molecule has 0 atom stereocenters. The first-order chi connectivity index (χ1) is 8.60. The first-order valence-corrected chi connectivity index (χ1v) is 5.83. The van der Waals surface area contributed by atoms with Gasteiger partial charge in [-0.25, -0.2) is 9.37 Å². The summed E-state index contributed by atoms with van der Waals surface area (Å²) in [6.45, 7) is 0.109. The van der Waals surface area contributed by atoms with Gasteiger partial charge in [-0.1, -0.05) is 23.2 Å². The lowest BCUT2D eigenvalue weighted by molar-refractivity contribution is 0.452. The van der Waals surface area contributed by atoms with E-state index in [0.29, 0.717) is 21.4 Å². The molecule has 0 unspecified atom stereocenters. The highest BCUT2D eigenvalue weighted by atomic mass is 35.5. The van der Waals surface area contributed by atoms with E-state index in [0.717, 1.165) is 6.20 Å². The number of halogens is 3. The van der Waals surface area contributed by atoms with Crippen LogP contribution < -0.4 is 10.5 Å². The minimum Gasteiger partial charge on any atom is -0.437 e. The summed E-state index contributed by atoms with van der Waals surface area (Å²) in [6, 6.07) is 6.06. The topological polar surface area (TPSA) is 48.1 Å². The van der Waals surface area contributed by atoms with E-state index in [9.17, 15) is 4.39 Å². The van der Waals surface area contributed by atoms with Crippen molar-refractivity contribution in [3.05, 3.63) is 51.9 Å². The Kier molecular flexibility index (Phi) is 4.01. The van der Waals surface area contributed by atoms with Gasteiger partial charge in [-0.3, -0.25) is 0 Å². The minimum atomic E-state index is -0.472. The lowest BCUT2D eigenvalue weighted by Gasteiger charge is -2.10. The fourth-order valence-electron chi connectivity index (χ4n) is 1.37. The van der Waals surface area contributed by atoms with Gasteiger partial charge in [-0.2, -0.15) is 0 Å². The summed E-state index contributed by atoms with van der Waals surface area (Å²) in [6.07, 6.45) is 1.05. The van der Waals surface area contributed by atoms with Crippen LogP contribution in [0.2, 0.25) is 10.0 Å². The summed E-state index contributed by atoms with van der Waals surface area (Å²) in [5.74, 6) is 0.0843. The van der Waals surface area contributed by atoms with Crippen LogP contribution in [0.15, 0.2) is 30.5 Å². The molecule has 2 N–H and O–H groups in total. The molecule has 1 heterocycles. The normalized spacial score (nSPS) is 10.4. The molecule has 0 saturated heterocycles. The molecule has 18 heavy (non-hydrogen) atoms. The standard InChI is InChI=1S/C12H9Cl2FN2O/c13-8-1-2-10(14)11(4-8)18-12-7(5-16)3-9(15)6-17-12/h1-4,6H,5,16H2. The monoisotopic (exact) mass is 286 g/mol. The molecule has 3 nitrogen and oxygen atoms in total. The van der Waals surface area contributed by atoms with E-state index in [-0.39, 0.29) is 12.4 Å². The van der Waals surface area contributed by atoms with Crippen LogP contribution in [0.3, 0.4) is 0 Å². The van der Waals surface area contributed by atoms with Gasteiger partial charge in [0.05, 0.1) is 11.2 Å². The van der Waals surface area contributed by atoms with Gasteiger partial charge in [0.1, 0.15) is 11.6 Å².